The molecule has 2 heterocycles. The van der Waals surface area contributed by atoms with E-state index in [1.54, 1.807) is 7.11 Å². The molecule has 0 unspecified atom stereocenters. The number of piperidine rings is 1. The third-order valence-electron chi connectivity index (χ3n) is 4.82. The second-order valence-corrected chi connectivity index (χ2v) is 6.15. The second-order valence-electron chi connectivity index (χ2n) is 6.15. The largest absolute Gasteiger partial charge is 0.495 e. The number of nitriles is 1. The molecular weight excluding hydrogens is 278 g/mol. The van der Waals surface area contributed by atoms with Crippen LogP contribution in [0.4, 0.5) is 0 Å². The fraction of sp³-hybridized carbons (Fsp3) is 0.529. The van der Waals surface area contributed by atoms with Gasteiger partial charge in [-0.15, -0.1) is 0 Å². The number of amides is 1. The van der Waals surface area contributed by atoms with Crippen molar-refractivity contribution in [2.24, 2.45) is 5.92 Å². The number of carbonyl (C=O) groups excluding carboxylic acids is 1. The lowest BCUT2D eigenvalue weighted by atomic mass is 9.91. The highest BCUT2D eigenvalue weighted by Gasteiger charge is 2.43. The summed E-state index contributed by atoms with van der Waals surface area (Å²) in [4.78, 5) is 16.4. The van der Waals surface area contributed by atoms with Crippen molar-refractivity contribution in [2.45, 2.75) is 25.4 Å². The zero-order chi connectivity index (χ0) is 15.7. The molecule has 3 rings (SSSR count). The van der Waals surface area contributed by atoms with Gasteiger partial charge >= 0.3 is 0 Å². The van der Waals surface area contributed by atoms with E-state index in [4.69, 9.17) is 10.00 Å². The molecule has 0 aromatic heterocycles. The third kappa shape index (κ3) is 2.55. The van der Waals surface area contributed by atoms with Crippen molar-refractivity contribution < 1.29 is 9.53 Å². The van der Waals surface area contributed by atoms with Crippen molar-refractivity contribution in [3.05, 3.63) is 29.3 Å². The molecule has 5 heteroatoms. The van der Waals surface area contributed by atoms with Crippen molar-refractivity contribution in [2.75, 3.05) is 27.2 Å². The van der Waals surface area contributed by atoms with E-state index >= 15 is 0 Å². The van der Waals surface area contributed by atoms with Crippen LogP contribution in [0.2, 0.25) is 0 Å². The van der Waals surface area contributed by atoms with Crippen molar-refractivity contribution in [1.82, 2.24) is 9.80 Å². The number of methoxy groups -OCH3 is 1. The Morgan fingerprint density at radius 2 is 2.27 bits per heavy atom. The van der Waals surface area contributed by atoms with Crippen molar-refractivity contribution in [1.29, 1.82) is 5.26 Å². The van der Waals surface area contributed by atoms with E-state index in [0.717, 1.165) is 38.0 Å². The Morgan fingerprint density at radius 3 is 3.00 bits per heavy atom. The Morgan fingerprint density at radius 1 is 1.45 bits per heavy atom. The van der Waals surface area contributed by atoms with Gasteiger partial charge in [-0.2, -0.15) is 5.26 Å². The molecular formula is C17H21N3O2. The molecule has 2 aliphatic heterocycles. The predicted molar refractivity (Wildman–Crippen MR) is 82.3 cm³/mol. The monoisotopic (exact) mass is 299 g/mol. The molecule has 2 saturated heterocycles. The first-order chi connectivity index (χ1) is 10.6. The van der Waals surface area contributed by atoms with Gasteiger partial charge in [-0.25, -0.2) is 0 Å². The molecule has 0 radical (unpaired) electrons. The van der Waals surface area contributed by atoms with Crippen LogP contribution in [0.3, 0.4) is 0 Å². The summed E-state index contributed by atoms with van der Waals surface area (Å²) in [5.41, 5.74) is 1.68. The van der Waals surface area contributed by atoms with Gasteiger partial charge in [-0.05, 0) is 37.1 Å². The predicted octanol–water partition coefficient (Wildman–Crippen LogP) is 1.62. The number of nitrogens with zero attached hydrogens (tertiary/aromatic N) is 3. The summed E-state index contributed by atoms with van der Waals surface area (Å²) in [5, 5.41) is 9.06. The highest BCUT2D eigenvalue weighted by Crippen LogP contribution is 2.32. The van der Waals surface area contributed by atoms with Gasteiger partial charge in [0.25, 0.3) is 0 Å². The van der Waals surface area contributed by atoms with Crippen molar-refractivity contribution >= 4 is 5.91 Å². The van der Waals surface area contributed by atoms with E-state index in [9.17, 15) is 4.79 Å². The third-order valence-corrected chi connectivity index (χ3v) is 4.82. The van der Waals surface area contributed by atoms with E-state index in [2.05, 4.69) is 11.0 Å². The van der Waals surface area contributed by atoms with Crippen LogP contribution < -0.4 is 4.74 Å². The highest BCUT2D eigenvalue weighted by atomic mass is 16.5. The lowest BCUT2D eigenvalue weighted by Gasteiger charge is -2.36. The molecule has 1 aromatic carbocycles. The van der Waals surface area contributed by atoms with Crippen LogP contribution >= 0.6 is 0 Å². The van der Waals surface area contributed by atoms with E-state index in [0.29, 0.717) is 17.4 Å². The second kappa shape index (κ2) is 5.98. The maximum atomic E-state index is 12.2. The van der Waals surface area contributed by atoms with Crippen LogP contribution in [0.15, 0.2) is 18.2 Å². The maximum absolute atomic E-state index is 12.2. The molecule has 5 nitrogen and oxygen atoms in total. The van der Waals surface area contributed by atoms with Crippen LogP contribution in [0.1, 0.15) is 24.0 Å². The Balaban J connectivity index is 1.78. The van der Waals surface area contributed by atoms with Crippen molar-refractivity contribution in [3.63, 3.8) is 0 Å². The lowest BCUT2D eigenvalue weighted by Crippen LogP contribution is -2.44. The minimum atomic E-state index is 0.152. The molecule has 0 saturated carbocycles. The van der Waals surface area contributed by atoms with E-state index in [-0.39, 0.29) is 11.8 Å². The molecule has 2 aliphatic rings. The Hall–Kier alpha value is -2.06. The first-order valence-electron chi connectivity index (χ1n) is 7.70. The van der Waals surface area contributed by atoms with E-state index < -0.39 is 0 Å². The normalized spacial score (nSPS) is 25.0. The standard InChI is InChI=1S/C17H21N3O2/c1-19-11-15-14(17(19)21)4-3-7-20(15)10-12-5-6-13(9-18)16(8-12)22-2/h5-6,8,14-15H,3-4,7,10-11H2,1-2H3/t14-,15-/m1/s1. The van der Waals surface area contributed by atoms with Crippen LogP contribution in [0, 0.1) is 17.2 Å². The summed E-state index contributed by atoms with van der Waals surface area (Å²) in [6, 6.07) is 8.17. The molecule has 2 atom stereocenters. The summed E-state index contributed by atoms with van der Waals surface area (Å²) in [6.45, 7) is 2.63. The van der Waals surface area contributed by atoms with Gasteiger partial charge in [0.05, 0.1) is 18.6 Å². The van der Waals surface area contributed by atoms with Crippen LogP contribution in [-0.4, -0.2) is 49.0 Å². The number of likely N-dealkylation sites (N-methyl/N-ethyl adjacent to an activating group) is 1. The number of ether oxygens (including phenoxy) is 1. The van der Waals surface area contributed by atoms with E-state index in [1.165, 1.54) is 0 Å². The number of benzene rings is 1. The summed E-state index contributed by atoms with van der Waals surface area (Å²) in [5.74, 6) is 1.05. The zero-order valence-corrected chi connectivity index (χ0v) is 13.1. The quantitative estimate of drug-likeness (QED) is 0.851. The lowest BCUT2D eigenvalue weighted by molar-refractivity contribution is -0.130. The average Bonchev–Trinajstić information content (AvgIpc) is 2.83. The minimum Gasteiger partial charge on any atom is -0.495 e. The molecule has 1 amide bonds. The smallest absolute Gasteiger partial charge is 0.227 e. The van der Waals surface area contributed by atoms with Gasteiger partial charge in [0.1, 0.15) is 11.8 Å². The fourth-order valence-corrected chi connectivity index (χ4v) is 3.67. The summed E-state index contributed by atoms with van der Waals surface area (Å²) in [7, 11) is 3.48. The molecule has 0 N–H and O–H groups in total. The number of hydrogen-bond donors (Lipinski definition) is 0. The SMILES string of the molecule is COc1cc(CN2CCC[C@H]3C(=O)N(C)C[C@H]32)ccc1C#N. The number of likely N-dealkylation sites (tertiary alicyclic amines) is 2. The number of fused-ring (bicyclic) bond motifs is 1. The van der Waals surface area contributed by atoms with Crippen molar-refractivity contribution in [3.8, 4) is 11.8 Å². The molecule has 0 bridgehead atoms. The summed E-state index contributed by atoms with van der Waals surface area (Å²) < 4.78 is 5.28. The molecule has 0 spiro atoms. The zero-order valence-electron chi connectivity index (χ0n) is 13.1. The molecule has 116 valence electrons. The highest BCUT2D eigenvalue weighted by molar-refractivity contribution is 5.82. The Bertz CT molecular complexity index is 623. The van der Waals surface area contributed by atoms with Gasteiger partial charge in [-0.3, -0.25) is 9.69 Å². The van der Waals surface area contributed by atoms with Crippen LogP contribution in [0.5, 0.6) is 5.75 Å². The number of rotatable bonds is 3. The summed E-state index contributed by atoms with van der Waals surface area (Å²) in [6.07, 6.45) is 2.06. The molecule has 22 heavy (non-hydrogen) atoms. The minimum absolute atomic E-state index is 0.152. The summed E-state index contributed by atoms with van der Waals surface area (Å²) >= 11 is 0. The first-order valence-corrected chi connectivity index (χ1v) is 7.70. The fourth-order valence-electron chi connectivity index (χ4n) is 3.67. The number of hydrogen-bond acceptors (Lipinski definition) is 4. The Kier molecular flexibility index (Phi) is 4.04. The Labute approximate surface area is 131 Å². The van der Waals surface area contributed by atoms with Gasteiger partial charge in [0.15, 0.2) is 0 Å². The van der Waals surface area contributed by atoms with Gasteiger partial charge < -0.3 is 9.64 Å². The topological polar surface area (TPSA) is 56.6 Å². The van der Waals surface area contributed by atoms with Gasteiger partial charge in [0, 0.05) is 26.2 Å². The maximum Gasteiger partial charge on any atom is 0.227 e. The molecule has 0 aliphatic carbocycles. The van der Waals surface area contributed by atoms with E-state index in [1.807, 2.05) is 30.1 Å². The van der Waals surface area contributed by atoms with Gasteiger partial charge in [-0.1, -0.05) is 6.07 Å². The van der Waals surface area contributed by atoms with Crippen LogP contribution in [0.25, 0.3) is 0 Å². The molecule has 1 aromatic rings. The average molecular weight is 299 g/mol. The number of carbonyl (C=O) groups is 1. The first kappa shape index (κ1) is 14.9. The van der Waals surface area contributed by atoms with Crippen LogP contribution in [-0.2, 0) is 11.3 Å². The molecule has 2 fully saturated rings. The van der Waals surface area contributed by atoms with Gasteiger partial charge in [0.2, 0.25) is 5.91 Å².